The molecule has 1 aromatic rings. The average Bonchev–Trinajstić information content (AvgIpc) is 2.46. The summed E-state index contributed by atoms with van der Waals surface area (Å²) in [4.78, 5) is 4.21. The number of aromatic nitrogens is 1. The van der Waals surface area contributed by atoms with Crippen molar-refractivity contribution < 1.29 is 13.2 Å². The molecule has 1 saturated heterocycles. The summed E-state index contributed by atoms with van der Waals surface area (Å²) in [5.74, 6) is 0.639. The molecule has 0 atom stereocenters. The lowest BCUT2D eigenvalue weighted by Crippen LogP contribution is -2.39. The number of hydrogen-bond acceptors (Lipinski definition) is 5. The van der Waals surface area contributed by atoms with Crippen LogP contribution in [0.5, 0.6) is 0 Å². The molecule has 1 aliphatic rings. The van der Waals surface area contributed by atoms with Gasteiger partial charge in [-0.3, -0.25) is 0 Å². The minimum atomic E-state index is -3.50. The lowest BCUT2D eigenvalue weighted by molar-refractivity contribution is 0.0264. The first-order chi connectivity index (χ1) is 9.45. The van der Waals surface area contributed by atoms with Crippen LogP contribution in [-0.2, 0) is 14.8 Å². The molecule has 1 fully saturated rings. The fourth-order valence-corrected chi connectivity index (χ4v) is 3.22. The lowest BCUT2D eigenvalue weighted by Gasteiger charge is -2.33. The molecule has 6 nitrogen and oxygen atoms in total. The summed E-state index contributed by atoms with van der Waals surface area (Å²) in [6.07, 6.45) is 3.10. The van der Waals surface area contributed by atoms with Crippen LogP contribution in [0.15, 0.2) is 23.2 Å². The number of ether oxygens (including phenoxy) is 1. The van der Waals surface area contributed by atoms with Crippen molar-refractivity contribution in [3.63, 3.8) is 0 Å². The van der Waals surface area contributed by atoms with E-state index < -0.39 is 10.0 Å². The van der Waals surface area contributed by atoms with E-state index in [-0.39, 0.29) is 10.3 Å². The van der Waals surface area contributed by atoms with Gasteiger partial charge in [0.2, 0.25) is 10.0 Å². The van der Waals surface area contributed by atoms with Crippen LogP contribution >= 0.6 is 0 Å². The van der Waals surface area contributed by atoms with Crippen molar-refractivity contribution in [2.45, 2.75) is 24.7 Å². The van der Waals surface area contributed by atoms with Gasteiger partial charge < -0.3 is 10.1 Å². The summed E-state index contributed by atoms with van der Waals surface area (Å²) in [5, 5.41) is 2.86. The summed E-state index contributed by atoms with van der Waals surface area (Å²) in [6, 6.07) is 3.19. The second-order valence-electron chi connectivity index (χ2n) is 5.38. The molecule has 2 heterocycles. The third-order valence-electron chi connectivity index (χ3n) is 3.69. The second-order valence-corrected chi connectivity index (χ2v) is 7.14. The third-order valence-corrected chi connectivity index (χ3v) is 5.08. The molecule has 0 aliphatic carbocycles. The quantitative estimate of drug-likeness (QED) is 0.854. The predicted octanol–water partition coefficient (Wildman–Crippen LogP) is 1.22. The molecule has 0 spiro atoms. The molecule has 1 aliphatic heterocycles. The monoisotopic (exact) mass is 299 g/mol. The Morgan fingerprint density at radius 3 is 2.60 bits per heavy atom. The first-order valence-corrected chi connectivity index (χ1v) is 8.15. The van der Waals surface area contributed by atoms with E-state index in [1.54, 1.807) is 19.2 Å². The van der Waals surface area contributed by atoms with Crippen LogP contribution in [0.4, 0.5) is 5.82 Å². The van der Waals surface area contributed by atoms with Gasteiger partial charge in [0.05, 0.1) is 0 Å². The van der Waals surface area contributed by atoms with E-state index in [1.165, 1.54) is 6.20 Å². The number of anilines is 1. The van der Waals surface area contributed by atoms with Gasteiger partial charge in [-0.1, -0.05) is 6.92 Å². The minimum absolute atomic E-state index is 0.0380. The van der Waals surface area contributed by atoms with Gasteiger partial charge in [-0.2, -0.15) is 0 Å². The third kappa shape index (κ3) is 3.68. The Bertz CT molecular complexity index is 536. The highest BCUT2D eigenvalue weighted by molar-refractivity contribution is 7.89. The Hall–Kier alpha value is -1.18. The van der Waals surface area contributed by atoms with Crippen molar-refractivity contribution in [3.8, 4) is 0 Å². The van der Waals surface area contributed by atoms with Crippen LogP contribution < -0.4 is 10.0 Å². The SMILES string of the molecule is CNc1ccc(S(=O)(=O)NCC2(C)CCOCC2)cn1. The van der Waals surface area contributed by atoms with E-state index in [0.717, 1.165) is 12.8 Å². The molecule has 2 rings (SSSR count). The average molecular weight is 299 g/mol. The van der Waals surface area contributed by atoms with Gasteiger partial charge in [-0.25, -0.2) is 18.1 Å². The Morgan fingerprint density at radius 1 is 1.35 bits per heavy atom. The van der Waals surface area contributed by atoms with E-state index in [4.69, 9.17) is 4.74 Å². The van der Waals surface area contributed by atoms with Crippen LogP contribution in [-0.4, -0.2) is 40.2 Å². The van der Waals surface area contributed by atoms with Crippen LogP contribution in [0.2, 0.25) is 0 Å². The van der Waals surface area contributed by atoms with Gasteiger partial charge in [0.25, 0.3) is 0 Å². The van der Waals surface area contributed by atoms with E-state index >= 15 is 0 Å². The smallest absolute Gasteiger partial charge is 0.242 e. The largest absolute Gasteiger partial charge is 0.381 e. The van der Waals surface area contributed by atoms with Crippen molar-refractivity contribution in [1.82, 2.24) is 9.71 Å². The fourth-order valence-electron chi connectivity index (χ4n) is 2.08. The zero-order valence-corrected chi connectivity index (χ0v) is 12.7. The van der Waals surface area contributed by atoms with E-state index in [1.807, 2.05) is 0 Å². The Kier molecular flexibility index (Phi) is 4.62. The Labute approximate surface area is 120 Å². The van der Waals surface area contributed by atoms with Crippen LogP contribution in [0, 0.1) is 5.41 Å². The second kappa shape index (κ2) is 6.07. The van der Waals surface area contributed by atoms with Gasteiger partial charge in [-0.05, 0) is 30.4 Å². The molecule has 0 bridgehead atoms. The first kappa shape index (κ1) is 15.2. The van der Waals surface area contributed by atoms with Crippen LogP contribution in [0.3, 0.4) is 0 Å². The minimum Gasteiger partial charge on any atom is -0.381 e. The summed E-state index contributed by atoms with van der Waals surface area (Å²) in [6.45, 7) is 3.89. The highest BCUT2D eigenvalue weighted by Crippen LogP contribution is 2.29. The highest BCUT2D eigenvalue weighted by atomic mass is 32.2. The summed E-state index contributed by atoms with van der Waals surface area (Å²) >= 11 is 0. The molecule has 2 N–H and O–H groups in total. The van der Waals surface area contributed by atoms with Crippen molar-refractivity contribution in [2.24, 2.45) is 5.41 Å². The molecule has 20 heavy (non-hydrogen) atoms. The van der Waals surface area contributed by atoms with Gasteiger partial charge in [0.15, 0.2) is 0 Å². The number of sulfonamides is 1. The van der Waals surface area contributed by atoms with Crippen LogP contribution in [0.25, 0.3) is 0 Å². The van der Waals surface area contributed by atoms with Gasteiger partial charge >= 0.3 is 0 Å². The molecule has 0 amide bonds. The highest BCUT2D eigenvalue weighted by Gasteiger charge is 2.29. The lowest BCUT2D eigenvalue weighted by atomic mass is 9.83. The topological polar surface area (TPSA) is 80.3 Å². The standard InChI is InChI=1S/C13H21N3O3S/c1-13(5-7-19-8-6-13)10-16-20(17,18)11-3-4-12(14-2)15-9-11/h3-4,9,16H,5-8,10H2,1-2H3,(H,14,15). The fraction of sp³-hybridized carbons (Fsp3) is 0.615. The summed E-state index contributed by atoms with van der Waals surface area (Å²) in [5.41, 5.74) is -0.0380. The van der Waals surface area contributed by atoms with Crippen molar-refractivity contribution in [2.75, 3.05) is 32.1 Å². The first-order valence-electron chi connectivity index (χ1n) is 6.66. The van der Waals surface area contributed by atoms with Gasteiger partial charge in [0.1, 0.15) is 10.7 Å². The number of hydrogen-bond donors (Lipinski definition) is 2. The van der Waals surface area contributed by atoms with E-state index in [0.29, 0.717) is 25.6 Å². The predicted molar refractivity (Wildman–Crippen MR) is 77.1 cm³/mol. The maximum Gasteiger partial charge on any atom is 0.242 e. The number of pyridine rings is 1. The van der Waals surface area contributed by atoms with E-state index in [9.17, 15) is 8.42 Å². The zero-order chi connectivity index (χ0) is 14.6. The molecule has 0 radical (unpaired) electrons. The van der Waals surface area contributed by atoms with Gasteiger partial charge in [-0.15, -0.1) is 0 Å². The van der Waals surface area contributed by atoms with Gasteiger partial charge in [0, 0.05) is 33.0 Å². The molecule has 0 aromatic carbocycles. The molecular weight excluding hydrogens is 278 g/mol. The summed E-state index contributed by atoms with van der Waals surface area (Å²) in [7, 11) is -1.77. The van der Waals surface area contributed by atoms with E-state index in [2.05, 4.69) is 21.9 Å². The Balaban J connectivity index is 2.02. The van der Waals surface area contributed by atoms with Crippen molar-refractivity contribution >= 4 is 15.8 Å². The van der Waals surface area contributed by atoms with Crippen molar-refractivity contribution in [3.05, 3.63) is 18.3 Å². The molecule has 0 saturated carbocycles. The summed E-state index contributed by atoms with van der Waals surface area (Å²) < 4.78 is 32.4. The molecular formula is C13H21N3O3S. The molecule has 112 valence electrons. The molecule has 1 aromatic heterocycles. The molecule has 0 unspecified atom stereocenters. The maximum atomic E-state index is 12.2. The number of nitrogens with zero attached hydrogens (tertiary/aromatic N) is 1. The zero-order valence-electron chi connectivity index (χ0n) is 11.8. The van der Waals surface area contributed by atoms with Crippen LogP contribution in [0.1, 0.15) is 19.8 Å². The molecule has 7 heteroatoms. The number of rotatable bonds is 5. The Morgan fingerprint density at radius 2 is 2.05 bits per heavy atom. The maximum absolute atomic E-state index is 12.2. The number of nitrogens with one attached hydrogen (secondary N) is 2. The van der Waals surface area contributed by atoms with Crippen molar-refractivity contribution in [1.29, 1.82) is 0 Å². The normalized spacial score (nSPS) is 18.7.